The molecule has 3 heterocycles. The van der Waals surface area contributed by atoms with Crippen LogP contribution in [0.4, 0.5) is 0 Å². The van der Waals surface area contributed by atoms with Crippen LogP contribution in [-0.4, -0.2) is 61.2 Å². The smallest absolute Gasteiger partial charge is 0.315 e. The number of carbonyl (C=O) groups is 2. The molecule has 30 heavy (non-hydrogen) atoms. The van der Waals surface area contributed by atoms with E-state index in [0.29, 0.717) is 30.0 Å². The Balaban J connectivity index is 1.68. The summed E-state index contributed by atoms with van der Waals surface area (Å²) in [6, 6.07) is 0. The molecule has 0 fully saturated rings. The van der Waals surface area contributed by atoms with Crippen LogP contribution in [0.2, 0.25) is 0 Å². The lowest BCUT2D eigenvalue weighted by Crippen LogP contribution is -2.17. The van der Waals surface area contributed by atoms with Crippen molar-refractivity contribution in [2.75, 3.05) is 49.3 Å². The second kappa shape index (κ2) is 12.9. The number of rotatable bonds is 8. The molecule has 0 N–H and O–H groups in total. The number of ether oxygens (including phenoxy) is 2. The van der Waals surface area contributed by atoms with Gasteiger partial charge in [0.05, 0.1) is 12.3 Å². The summed E-state index contributed by atoms with van der Waals surface area (Å²) in [6.45, 7) is 1.98. The third-order valence-electron chi connectivity index (χ3n) is 5.34. The van der Waals surface area contributed by atoms with Gasteiger partial charge in [0.15, 0.2) is 5.50 Å². The average molecular weight is 466 g/mol. The van der Waals surface area contributed by atoms with E-state index in [4.69, 9.17) is 9.47 Å². The first-order valence-electron chi connectivity index (χ1n) is 10.9. The highest BCUT2D eigenvalue weighted by Crippen LogP contribution is 2.51. The molecule has 3 rings (SSSR count). The number of hydrogen-bond acceptors (Lipinski definition) is 4. The summed E-state index contributed by atoms with van der Waals surface area (Å²) in [5.74, 6) is 0.284. The maximum absolute atomic E-state index is 12.8. The Kier molecular flexibility index (Phi) is 10.3. The van der Waals surface area contributed by atoms with Crippen molar-refractivity contribution in [1.82, 2.24) is 0 Å². The molecule has 0 aromatic rings. The first kappa shape index (κ1) is 23.8. The first-order valence-corrected chi connectivity index (χ1v) is 16.5. The second-order valence-electron chi connectivity index (χ2n) is 7.73. The van der Waals surface area contributed by atoms with Crippen molar-refractivity contribution >= 4 is 35.7 Å². The highest BCUT2D eigenvalue weighted by molar-refractivity contribution is 7.62. The standard InChI is InChI=1S/C23H33O4P3/c1-2-20(26-21(24)18-28-12-6-3-7-13-28)23(30-16-10-5-11-17-30)27-22(25)19-29-14-8-4-9-15-29/h3-6,8,10H,2,7,9,11-19H2,1H3/b23-20+. The van der Waals surface area contributed by atoms with Crippen LogP contribution in [0, 0.1) is 0 Å². The minimum atomic E-state index is -0.626. The lowest BCUT2D eigenvalue weighted by atomic mass is 10.4. The lowest BCUT2D eigenvalue weighted by molar-refractivity contribution is -0.140. The maximum Gasteiger partial charge on any atom is 0.315 e. The van der Waals surface area contributed by atoms with Gasteiger partial charge in [0, 0.05) is 6.42 Å². The number of esters is 2. The first-order chi connectivity index (χ1) is 14.7. The average Bonchev–Trinajstić information content (AvgIpc) is 2.78. The molecular weight excluding hydrogens is 433 g/mol. The zero-order valence-corrected chi connectivity index (χ0v) is 20.6. The van der Waals surface area contributed by atoms with Gasteiger partial charge in [0.1, 0.15) is 5.76 Å². The number of allylic oxidation sites excluding steroid dienone is 7. The highest BCUT2D eigenvalue weighted by atomic mass is 31.1. The summed E-state index contributed by atoms with van der Waals surface area (Å²) in [5.41, 5.74) is 0.675. The van der Waals surface area contributed by atoms with Crippen molar-refractivity contribution < 1.29 is 19.1 Å². The Hall–Kier alpha value is -0.810. The van der Waals surface area contributed by atoms with Gasteiger partial charge in [-0.25, -0.2) is 0 Å². The van der Waals surface area contributed by atoms with E-state index in [1.54, 1.807) is 0 Å². The fourth-order valence-electron chi connectivity index (χ4n) is 3.73. The zero-order chi connectivity index (χ0) is 21.2. The van der Waals surface area contributed by atoms with Gasteiger partial charge in [-0.3, -0.25) is 9.59 Å². The Morgan fingerprint density at radius 2 is 1.27 bits per heavy atom. The summed E-state index contributed by atoms with van der Waals surface area (Å²) < 4.78 is 11.8. The molecule has 0 saturated carbocycles. The highest BCUT2D eigenvalue weighted by Gasteiger charge is 2.27. The second-order valence-corrected chi connectivity index (χ2v) is 15.0. The SMILES string of the molecule is CC/C(OC(=O)CP1CC=CCC1)=C(/OC(=O)CP1CC=CCC1)P1CC=CCC1. The van der Waals surface area contributed by atoms with Gasteiger partial charge in [-0.15, -0.1) is 0 Å². The van der Waals surface area contributed by atoms with Gasteiger partial charge in [-0.2, -0.15) is 0 Å². The topological polar surface area (TPSA) is 52.6 Å². The van der Waals surface area contributed by atoms with Gasteiger partial charge in [-0.1, -0.05) is 59.2 Å². The van der Waals surface area contributed by atoms with Crippen LogP contribution >= 0.6 is 23.8 Å². The molecule has 3 aliphatic heterocycles. The van der Waals surface area contributed by atoms with E-state index in [9.17, 15) is 9.59 Å². The third kappa shape index (κ3) is 7.71. The minimum absolute atomic E-state index is 0.146. The Labute approximate surface area is 184 Å². The van der Waals surface area contributed by atoms with E-state index in [1.165, 1.54) is 0 Å². The summed E-state index contributed by atoms with van der Waals surface area (Å²) >= 11 is 0. The molecule has 164 valence electrons. The van der Waals surface area contributed by atoms with Crippen LogP contribution in [0.15, 0.2) is 47.7 Å². The predicted octanol–water partition coefficient (Wildman–Crippen LogP) is 5.98. The monoisotopic (exact) mass is 466 g/mol. The molecule has 0 spiro atoms. The van der Waals surface area contributed by atoms with E-state index >= 15 is 0 Å². The Morgan fingerprint density at radius 3 is 1.73 bits per heavy atom. The fourth-order valence-corrected chi connectivity index (χ4v) is 9.66. The number of carbonyl (C=O) groups excluding carboxylic acids is 2. The quantitative estimate of drug-likeness (QED) is 0.191. The van der Waals surface area contributed by atoms with E-state index in [-0.39, 0.29) is 27.8 Å². The van der Waals surface area contributed by atoms with Gasteiger partial charge < -0.3 is 9.47 Å². The molecule has 0 amide bonds. The molecule has 3 atom stereocenters. The van der Waals surface area contributed by atoms with Crippen LogP contribution in [0.1, 0.15) is 32.6 Å². The molecule has 7 heteroatoms. The van der Waals surface area contributed by atoms with Crippen molar-refractivity contribution in [1.29, 1.82) is 0 Å². The van der Waals surface area contributed by atoms with Crippen LogP contribution in [0.3, 0.4) is 0 Å². The largest absolute Gasteiger partial charge is 0.427 e. The molecule has 3 aliphatic rings. The molecule has 0 bridgehead atoms. The number of hydrogen-bond donors (Lipinski definition) is 0. The maximum atomic E-state index is 12.8. The van der Waals surface area contributed by atoms with Crippen molar-refractivity contribution in [3.05, 3.63) is 47.7 Å². The third-order valence-corrected chi connectivity index (χ3v) is 12.4. The Bertz CT molecular complexity index is 726. The van der Waals surface area contributed by atoms with Gasteiger partial charge in [0.25, 0.3) is 0 Å². The molecular formula is C23H33O4P3. The fraction of sp³-hybridized carbons (Fsp3) is 0.565. The van der Waals surface area contributed by atoms with Crippen molar-refractivity contribution in [2.24, 2.45) is 0 Å². The summed E-state index contributed by atoms with van der Waals surface area (Å²) in [6.07, 6.45) is 23.9. The molecule has 0 radical (unpaired) electrons. The summed E-state index contributed by atoms with van der Waals surface area (Å²) in [4.78, 5) is 25.4. The molecule has 0 saturated heterocycles. The summed E-state index contributed by atoms with van der Waals surface area (Å²) in [7, 11) is -1.25. The molecule has 0 aromatic carbocycles. The van der Waals surface area contributed by atoms with Crippen LogP contribution in [-0.2, 0) is 19.1 Å². The Morgan fingerprint density at radius 1 is 0.733 bits per heavy atom. The van der Waals surface area contributed by atoms with Crippen molar-refractivity contribution in [2.45, 2.75) is 32.6 Å². The predicted molar refractivity (Wildman–Crippen MR) is 130 cm³/mol. The summed E-state index contributed by atoms with van der Waals surface area (Å²) in [5, 5.41) is 0. The van der Waals surface area contributed by atoms with Crippen molar-refractivity contribution in [3.63, 3.8) is 0 Å². The van der Waals surface area contributed by atoms with Gasteiger partial charge in [-0.05, 0) is 64.2 Å². The van der Waals surface area contributed by atoms with E-state index in [0.717, 1.165) is 56.2 Å². The van der Waals surface area contributed by atoms with E-state index < -0.39 is 7.92 Å². The van der Waals surface area contributed by atoms with Crippen molar-refractivity contribution in [3.8, 4) is 0 Å². The van der Waals surface area contributed by atoms with Gasteiger partial charge >= 0.3 is 11.9 Å². The van der Waals surface area contributed by atoms with Gasteiger partial charge in [0.2, 0.25) is 0 Å². The molecule has 0 aliphatic carbocycles. The lowest BCUT2D eigenvalue weighted by Gasteiger charge is -2.25. The van der Waals surface area contributed by atoms with Crippen LogP contribution in [0.5, 0.6) is 0 Å². The van der Waals surface area contributed by atoms with Crippen LogP contribution in [0.25, 0.3) is 0 Å². The normalized spacial score (nSPS) is 26.8. The van der Waals surface area contributed by atoms with E-state index in [2.05, 4.69) is 36.5 Å². The van der Waals surface area contributed by atoms with E-state index in [1.807, 2.05) is 6.92 Å². The van der Waals surface area contributed by atoms with Crippen LogP contribution < -0.4 is 0 Å². The zero-order valence-electron chi connectivity index (χ0n) is 17.9. The molecule has 0 aromatic heterocycles. The minimum Gasteiger partial charge on any atom is -0.427 e. The molecule has 3 unspecified atom stereocenters. The molecule has 4 nitrogen and oxygen atoms in total.